The molecule has 0 aromatic carbocycles. The van der Waals surface area contributed by atoms with Crippen LogP contribution in [0.5, 0.6) is 0 Å². The Morgan fingerprint density at radius 3 is 1.37 bits per heavy atom. The van der Waals surface area contributed by atoms with Crippen molar-refractivity contribution in [3.8, 4) is 0 Å². The summed E-state index contributed by atoms with van der Waals surface area (Å²) < 4.78 is 11.3. The number of ether oxygens (including phenoxy) is 2. The average molecular weight is 985 g/mol. The van der Waals surface area contributed by atoms with E-state index in [9.17, 15) is 30.3 Å². The second kappa shape index (κ2) is 50.2. The third kappa shape index (κ3) is 39.2. The van der Waals surface area contributed by atoms with Gasteiger partial charge in [0.05, 0.1) is 25.4 Å². The molecule has 0 bridgehead atoms. The van der Waals surface area contributed by atoms with Gasteiger partial charge in [0, 0.05) is 6.42 Å². The van der Waals surface area contributed by atoms with Crippen LogP contribution in [0.15, 0.2) is 72.9 Å². The molecule has 6 N–H and O–H groups in total. The van der Waals surface area contributed by atoms with Crippen LogP contribution in [0, 0.1) is 0 Å². The summed E-state index contributed by atoms with van der Waals surface area (Å²) in [7, 11) is 0. The highest BCUT2D eigenvalue weighted by Crippen LogP contribution is 2.23. The SMILES string of the molecule is CC/C=C\C/C=C\C/C=C\C/C=C\CCCCCCCCCCCCCCCCCCC(=O)NC(COC1OC(CO)C(O)C(O)C1O)C(O)/C=C/CC/C=C/CCCCCCCCCCCCCC. The molecule has 1 heterocycles. The summed E-state index contributed by atoms with van der Waals surface area (Å²) in [6.07, 6.45) is 62.6. The van der Waals surface area contributed by atoms with Crippen LogP contribution in [-0.4, -0.2) is 87.5 Å². The molecule has 0 spiro atoms. The van der Waals surface area contributed by atoms with E-state index in [-0.39, 0.29) is 12.5 Å². The fourth-order valence-electron chi connectivity index (χ4n) is 8.93. The largest absolute Gasteiger partial charge is 0.394 e. The summed E-state index contributed by atoms with van der Waals surface area (Å²) in [6, 6.07) is -0.824. The molecule has 0 aliphatic carbocycles. The highest BCUT2D eigenvalue weighted by molar-refractivity contribution is 5.76. The first kappa shape index (κ1) is 65.6. The minimum absolute atomic E-state index is 0.187. The van der Waals surface area contributed by atoms with Crippen molar-refractivity contribution in [2.24, 2.45) is 0 Å². The number of hydrogen-bond acceptors (Lipinski definition) is 8. The maximum Gasteiger partial charge on any atom is 0.220 e. The van der Waals surface area contributed by atoms with Gasteiger partial charge in [-0.25, -0.2) is 0 Å². The number of aliphatic hydroxyl groups is 5. The molecule has 1 rings (SSSR count). The number of amides is 1. The summed E-state index contributed by atoms with van der Waals surface area (Å²) in [4.78, 5) is 13.1. The Morgan fingerprint density at radius 1 is 0.500 bits per heavy atom. The van der Waals surface area contributed by atoms with Crippen LogP contribution in [0.2, 0.25) is 0 Å². The van der Waals surface area contributed by atoms with Crippen molar-refractivity contribution in [1.29, 1.82) is 0 Å². The monoisotopic (exact) mass is 984 g/mol. The number of carbonyl (C=O) groups excluding carboxylic acids is 1. The molecule has 70 heavy (non-hydrogen) atoms. The van der Waals surface area contributed by atoms with Crippen LogP contribution < -0.4 is 5.32 Å². The molecule has 7 unspecified atom stereocenters. The smallest absolute Gasteiger partial charge is 0.220 e. The molecular weight excluding hydrogens is 875 g/mol. The van der Waals surface area contributed by atoms with Gasteiger partial charge in [0.15, 0.2) is 6.29 Å². The lowest BCUT2D eigenvalue weighted by Crippen LogP contribution is -2.60. The zero-order valence-electron chi connectivity index (χ0n) is 45.0. The molecule has 1 saturated heterocycles. The van der Waals surface area contributed by atoms with E-state index < -0.39 is 49.5 Å². The molecule has 7 atom stereocenters. The molecule has 1 fully saturated rings. The van der Waals surface area contributed by atoms with Gasteiger partial charge in [-0.2, -0.15) is 0 Å². The van der Waals surface area contributed by atoms with Gasteiger partial charge in [0.25, 0.3) is 0 Å². The highest BCUT2D eigenvalue weighted by Gasteiger charge is 2.44. The number of aliphatic hydroxyl groups excluding tert-OH is 5. The van der Waals surface area contributed by atoms with Gasteiger partial charge >= 0.3 is 0 Å². The third-order valence-electron chi connectivity index (χ3n) is 13.5. The van der Waals surface area contributed by atoms with Crippen molar-refractivity contribution in [3.05, 3.63) is 72.9 Å². The molecule has 0 aromatic heterocycles. The van der Waals surface area contributed by atoms with Crippen molar-refractivity contribution in [3.63, 3.8) is 0 Å². The first-order chi connectivity index (χ1) is 34.3. The summed E-state index contributed by atoms with van der Waals surface area (Å²) in [5, 5.41) is 54.5. The van der Waals surface area contributed by atoms with Gasteiger partial charge in [-0.05, 0) is 70.6 Å². The van der Waals surface area contributed by atoms with E-state index in [1.807, 2.05) is 6.08 Å². The quantitative estimate of drug-likeness (QED) is 0.0261. The molecule has 0 aromatic rings. The molecular formula is C61H109NO8. The number of unbranched alkanes of at least 4 members (excludes halogenated alkanes) is 29. The molecule has 9 nitrogen and oxygen atoms in total. The normalized spacial score (nSPS) is 19.9. The highest BCUT2D eigenvalue weighted by atomic mass is 16.7. The Labute approximate surface area is 429 Å². The lowest BCUT2D eigenvalue weighted by Gasteiger charge is -2.40. The zero-order valence-corrected chi connectivity index (χ0v) is 45.0. The van der Waals surface area contributed by atoms with Gasteiger partial charge in [0.1, 0.15) is 24.4 Å². The van der Waals surface area contributed by atoms with Crippen molar-refractivity contribution in [1.82, 2.24) is 5.32 Å². The van der Waals surface area contributed by atoms with Crippen LogP contribution >= 0.6 is 0 Å². The van der Waals surface area contributed by atoms with Gasteiger partial charge < -0.3 is 40.3 Å². The summed E-state index contributed by atoms with van der Waals surface area (Å²) in [5.41, 5.74) is 0. The second-order valence-electron chi connectivity index (χ2n) is 20.0. The summed E-state index contributed by atoms with van der Waals surface area (Å²) in [5.74, 6) is -0.187. The molecule has 406 valence electrons. The van der Waals surface area contributed by atoms with Crippen LogP contribution in [0.1, 0.15) is 251 Å². The van der Waals surface area contributed by atoms with E-state index in [4.69, 9.17) is 9.47 Å². The molecule has 9 heteroatoms. The summed E-state index contributed by atoms with van der Waals surface area (Å²) >= 11 is 0. The lowest BCUT2D eigenvalue weighted by molar-refractivity contribution is -0.302. The summed E-state index contributed by atoms with van der Waals surface area (Å²) in [6.45, 7) is 3.66. The maximum absolute atomic E-state index is 13.1. The number of nitrogens with one attached hydrogen (secondary N) is 1. The van der Waals surface area contributed by atoms with Crippen LogP contribution in [0.4, 0.5) is 0 Å². The van der Waals surface area contributed by atoms with E-state index in [1.54, 1.807) is 6.08 Å². The van der Waals surface area contributed by atoms with Crippen molar-refractivity contribution < 1.29 is 39.8 Å². The topological polar surface area (TPSA) is 149 Å². The van der Waals surface area contributed by atoms with Crippen LogP contribution in [-0.2, 0) is 14.3 Å². The third-order valence-corrected chi connectivity index (χ3v) is 13.5. The van der Waals surface area contributed by atoms with Gasteiger partial charge in [-0.15, -0.1) is 0 Å². The van der Waals surface area contributed by atoms with Gasteiger partial charge in [0.2, 0.25) is 5.91 Å². The number of allylic oxidation sites excluding steroid dienone is 11. The second-order valence-corrected chi connectivity index (χ2v) is 20.0. The standard InChI is InChI=1S/C61H109NO8/c1-3-5-7-9-11-13-15-17-19-21-23-24-25-26-27-28-29-30-31-32-33-35-37-39-41-43-45-47-49-51-57(65)62-54(53-69-61-60(68)59(67)58(66)56(52-63)70-61)55(64)50-48-46-44-42-40-38-36-34-22-20-18-16-14-12-10-8-6-4-2/h5,7,11,13,17,19,23-24,40,42,48,50,54-56,58-61,63-64,66-68H,3-4,6,8-10,12,14-16,18,20-22,25-39,41,43-47,49,51-53H2,1-2H3,(H,62,65)/b7-5-,13-11-,19-17-,24-23-,42-40+,50-48+. The van der Waals surface area contributed by atoms with E-state index in [2.05, 4.69) is 79.9 Å². The Hall–Kier alpha value is -2.37. The van der Waals surface area contributed by atoms with E-state index >= 15 is 0 Å². The Balaban J connectivity index is 2.21. The predicted molar refractivity (Wildman–Crippen MR) is 295 cm³/mol. The fraction of sp³-hybridized carbons (Fsp3) is 0.787. The molecule has 1 aliphatic rings. The maximum atomic E-state index is 13.1. The van der Waals surface area contributed by atoms with Crippen molar-refractivity contribution in [2.75, 3.05) is 13.2 Å². The lowest BCUT2D eigenvalue weighted by atomic mass is 9.99. The number of hydrogen-bond donors (Lipinski definition) is 6. The zero-order chi connectivity index (χ0) is 50.8. The first-order valence-corrected chi connectivity index (χ1v) is 29.2. The minimum atomic E-state index is -1.57. The molecule has 1 aliphatic heterocycles. The Morgan fingerprint density at radius 2 is 0.900 bits per heavy atom. The number of rotatable bonds is 49. The Bertz CT molecular complexity index is 1330. The van der Waals surface area contributed by atoms with E-state index in [1.165, 1.54) is 167 Å². The Kier molecular flexibility index (Phi) is 47.1. The van der Waals surface area contributed by atoms with Crippen LogP contribution in [0.25, 0.3) is 0 Å². The average Bonchev–Trinajstić information content (AvgIpc) is 3.36. The van der Waals surface area contributed by atoms with Crippen molar-refractivity contribution >= 4 is 5.91 Å². The molecule has 0 saturated carbocycles. The predicted octanol–water partition coefficient (Wildman–Crippen LogP) is 14.5. The van der Waals surface area contributed by atoms with Crippen LogP contribution in [0.3, 0.4) is 0 Å². The first-order valence-electron chi connectivity index (χ1n) is 29.2. The minimum Gasteiger partial charge on any atom is -0.394 e. The van der Waals surface area contributed by atoms with E-state index in [0.29, 0.717) is 6.42 Å². The molecule has 1 amide bonds. The fourth-order valence-corrected chi connectivity index (χ4v) is 8.93. The molecule has 0 radical (unpaired) electrons. The van der Waals surface area contributed by atoms with Gasteiger partial charge in [-0.3, -0.25) is 4.79 Å². The van der Waals surface area contributed by atoms with E-state index in [0.717, 1.165) is 64.2 Å². The number of carbonyl (C=O) groups is 1. The van der Waals surface area contributed by atoms with Gasteiger partial charge in [-0.1, -0.05) is 247 Å². The van der Waals surface area contributed by atoms with Crippen molar-refractivity contribution in [2.45, 2.75) is 294 Å².